The summed E-state index contributed by atoms with van der Waals surface area (Å²) in [6.07, 6.45) is 17.6. The molecule has 23 heavy (non-hydrogen) atoms. The zero-order valence-electron chi connectivity index (χ0n) is 14.8. The average molecular weight is 312 g/mol. The zero-order chi connectivity index (χ0) is 16.1. The molecule has 0 radical (unpaired) electrons. The van der Waals surface area contributed by atoms with Crippen LogP contribution in [-0.4, -0.2) is 6.04 Å². The van der Waals surface area contributed by atoms with Crippen LogP contribution in [-0.2, 0) is 12.8 Å². The van der Waals surface area contributed by atoms with Crippen LogP contribution >= 0.6 is 0 Å². The summed E-state index contributed by atoms with van der Waals surface area (Å²) in [6.45, 7) is 2.12. The second-order valence-electron chi connectivity index (χ2n) is 7.76. The summed E-state index contributed by atoms with van der Waals surface area (Å²) in [6, 6.07) is 7.78. The van der Waals surface area contributed by atoms with Gasteiger partial charge < -0.3 is 5.73 Å². The lowest BCUT2D eigenvalue weighted by Crippen LogP contribution is -2.16. The summed E-state index contributed by atoms with van der Waals surface area (Å²) in [5.41, 5.74) is 10.9. The van der Waals surface area contributed by atoms with Gasteiger partial charge in [0, 0.05) is 6.04 Å². The van der Waals surface area contributed by atoms with Crippen molar-refractivity contribution in [3.63, 3.8) is 0 Å². The van der Waals surface area contributed by atoms with E-state index < -0.39 is 0 Å². The third kappa shape index (κ3) is 4.47. The van der Waals surface area contributed by atoms with E-state index in [4.69, 9.17) is 5.73 Å². The van der Waals surface area contributed by atoms with Gasteiger partial charge in [-0.3, -0.25) is 0 Å². The van der Waals surface area contributed by atoms with Gasteiger partial charge in [0.15, 0.2) is 0 Å². The first kappa shape index (κ1) is 16.8. The molecule has 2 unspecified atom stereocenters. The number of aryl methyl sites for hydroxylation is 1. The molecule has 0 saturated heterocycles. The summed E-state index contributed by atoms with van der Waals surface area (Å²) in [7, 11) is 0. The number of hydrogen-bond donors (Lipinski definition) is 1. The Morgan fingerprint density at radius 2 is 2.04 bits per heavy atom. The molecule has 126 valence electrons. The lowest BCUT2D eigenvalue weighted by Gasteiger charge is -2.26. The topological polar surface area (TPSA) is 26.0 Å². The summed E-state index contributed by atoms with van der Waals surface area (Å²) < 4.78 is 0. The Morgan fingerprint density at radius 3 is 2.83 bits per heavy atom. The van der Waals surface area contributed by atoms with Crippen LogP contribution in [0.15, 0.2) is 30.4 Å². The van der Waals surface area contributed by atoms with Crippen molar-refractivity contribution in [2.24, 2.45) is 11.7 Å². The third-order valence-corrected chi connectivity index (χ3v) is 5.97. The van der Waals surface area contributed by atoms with E-state index in [-0.39, 0.29) is 0 Å². The van der Waals surface area contributed by atoms with E-state index in [1.54, 1.807) is 16.7 Å². The van der Waals surface area contributed by atoms with Gasteiger partial charge in [0.25, 0.3) is 0 Å². The van der Waals surface area contributed by atoms with Gasteiger partial charge in [-0.15, -0.1) is 0 Å². The predicted octanol–water partition coefficient (Wildman–Crippen LogP) is 5.52. The van der Waals surface area contributed by atoms with Crippen molar-refractivity contribution in [1.82, 2.24) is 0 Å². The van der Waals surface area contributed by atoms with Crippen molar-refractivity contribution in [3.8, 4) is 0 Å². The fraction of sp³-hybridized carbons (Fsp3) is 0.636. The molecule has 0 bridgehead atoms. The third-order valence-electron chi connectivity index (χ3n) is 5.97. The van der Waals surface area contributed by atoms with E-state index in [1.807, 2.05) is 0 Å². The van der Waals surface area contributed by atoms with Crippen molar-refractivity contribution in [2.45, 2.75) is 83.1 Å². The van der Waals surface area contributed by atoms with Crippen LogP contribution in [0.1, 0.15) is 80.9 Å². The molecule has 2 aliphatic rings. The molecular weight excluding hydrogens is 278 g/mol. The second-order valence-corrected chi connectivity index (χ2v) is 7.76. The summed E-state index contributed by atoms with van der Waals surface area (Å²) >= 11 is 0. The quantitative estimate of drug-likeness (QED) is 0.543. The van der Waals surface area contributed by atoms with Gasteiger partial charge in [-0.2, -0.15) is 0 Å². The highest BCUT2D eigenvalue weighted by molar-refractivity contribution is 5.36. The predicted molar refractivity (Wildman–Crippen MR) is 99.8 cm³/mol. The number of allylic oxidation sites excluding steroid dienone is 2. The number of hydrogen-bond acceptors (Lipinski definition) is 1. The molecule has 2 N–H and O–H groups in total. The number of fused-ring (bicyclic) bond motifs is 1. The minimum absolute atomic E-state index is 0.433. The Kier molecular flexibility index (Phi) is 5.94. The molecule has 1 aromatic rings. The van der Waals surface area contributed by atoms with E-state index in [2.05, 4.69) is 37.3 Å². The van der Waals surface area contributed by atoms with E-state index in [0.717, 1.165) is 11.8 Å². The van der Waals surface area contributed by atoms with Crippen LogP contribution in [0.2, 0.25) is 0 Å². The molecule has 2 aliphatic carbocycles. The highest BCUT2D eigenvalue weighted by atomic mass is 14.6. The fourth-order valence-corrected chi connectivity index (χ4v) is 4.53. The van der Waals surface area contributed by atoms with Crippen molar-refractivity contribution >= 4 is 0 Å². The van der Waals surface area contributed by atoms with Crippen molar-refractivity contribution < 1.29 is 0 Å². The van der Waals surface area contributed by atoms with Crippen LogP contribution < -0.4 is 5.73 Å². The molecule has 3 atom stereocenters. The Bertz CT molecular complexity index is 531. The minimum atomic E-state index is 0.433. The molecule has 3 rings (SSSR count). The van der Waals surface area contributed by atoms with Crippen LogP contribution in [0, 0.1) is 5.92 Å². The Labute approximate surface area is 142 Å². The molecule has 0 heterocycles. The van der Waals surface area contributed by atoms with Crippen molar-refractivity contribution in [3.05, 3.63) is 47.0 Å². The number of nitrogens with two attached hydrogens (primary N) is 1. The van der Waals surface area contributed by atoms with Gasteiger partial charge in [0.1, 0.15) is 0 Å². The van der Waals surface area contributed by atoms with Gasteiger partial charge >= 0.3 is 0 Å². The average Bonchev–Trinajstić information content (AvgIpc) is 3.00. The summed E-state index contributed by atoms with van der Waals surface area (Å²) in [5, 5.41) is 0. The maximum Gasteiger partial charge on any atom is 0.00448 e. The molecule has 1 aromatic carbocycles. The molecule has 1 fully saturated rings. The molecule has 1 nitrogen and oxygen atoms in total. The second kappa shape index (κ2) is 8.15. The molecule has 0 amide bonds. The smallest absolute Gasteiger partial charge is 0.00448 e. The Morgan fingerprint density at radius 1 is 1.13 bits per heavy atom. The molecule has 0 spiro atoms. The zero-order valence-corrected chi connectivity index (χ0v) is 14.8. The highest BCUT2D eigenvalue weighted by Crippen LogP contribution is 2.36. The van der Waals surface area contributed by atoms with Crippen LogP contribution in [0.5, 0.6) is 0 Å². The van der Waals surface area contributed by atoms with Gasteiger partial charge in [-0.1, -0.05) is 43.2 Å². The maximum atomic E-state index is 6.09. The first-order valence-corrected chi connectivity index (χ1v) is 9.74. The van der Waals surface area contributed by atoms with E-state index >= 15 is 0 Å². The molecule has 1 heteroatoms. The van der Waals surface area contributed by atoms with Crippen molar-refractivity contribution in [2.75, 3.05) is 0 Å². The Balaban J connectivity index is 1.53. The van der Waals surface area contributed by atoms with Gasteiger partial charge in [0.05, 0.1) is 0 Å². The van der Waals surface area contributed by atoms with E-state index in [1.165, 1.54) is 64.2 Å². The minimum Gasteiger partial charge on any atom is -0.328 e. The largest absolute Gasteiger partial charge is 0.328 e. The van der Waals surface area contributed by atoms with Crippen LogP contribution in [0.25, 0.3) is 0 Å². The SMILES string of the molecule is C/C=C\CCCC[C@H]1CCc2cc(C3CCC(N)C3)ccc2C1. The number of benzene rings is 1. The first-order valence-electron chi connectivity index (χ1n) is 9.74. The number of rotatable bonds is 6. The Hall–Kier alpha value is -1.08. The van der Waals surface area contributed by atoms with E-state index in [9.17, 15) is 0 Å². The molecular formula is C22H33N. The normalized spacial score (nSPS) is 27.5. The number of unbranched alkanes of at least 4 members (excludes halogenated alkanes) is 2. The first-order chi connectivity index (χ1) is 11.3. The van der Waals surface area contributed by atoms with Crippen LogP contribution in [0.4, 0.5) is 0 Å². The molecule has 0 aliphatic heterocycles. The van der Waals surface area contributed by atoms with Gasteiger partial charge in [-0.05, 0) is 86.8 Å². The fourth-order valence-electron chi connectivity index (χ4n) is 4.53. The lowest BCUT2D eigenvalue weighted by atomic mass is 9.80. The van der Waals surface area contributed by atoms with Crippen LogP contribution in [0.3, 0.4) is 0 Å². The van der Waals surface area contributed by atoms with Gasteiger partial charge in [-0.25, -0.2) is 0 Å². The van der Waals surface area contributed by atoms with Crippen molar-refractivity contribution in [1.29, 1.82) is 0 Å². The van der Waals surface area contributed by atoms with E-state index in [0.29, 0.717) is 6.04 Å². The summed E-state index contributed by atoms with van der Waals surface area (Å²) in [4.78, 5) is 0. The molecule has 0 aromatic heterocycles. The maximum absolute atomic E-state index is 6.09. The van der Waals surface area contributed by atoms with Gasteiger partial charge in [0.2, 0.25) is 0 Å². The monoisotopic (exact) mass is 311 g/mol. The standard InChI is InChI=1S/C22H33N/c1-2-3-4-5-6-7-17-8-9-19-15-20(11-10-18(19)14-17)21-12-13-22(23)16-21/h2-3,10-11,15,17,21-22H,4-9,12-14,16,23H2,1H3/b3-2-/t17-,21?,22?/m0/s1. The highest BCUT2D eigenvalue weighted by Gasteiger charge is 2.25. The molecule has 1 saturated carbocycles. The lowest BCUT2D eigenvalue weighted by molar-refractivity contribution is 0.409. The summed E-state index contributed by atoms with van der Waals surface area (Å²) in [5.74, 6) is 1.64.